The van der Waals surface area contributed by atoms with Crippen molar-refractivity contribution in [2.75, 3.05) is 12.9 Å². The molecule has 6 nitrogen and oxygen atoms in total. The third-order valence-corrected chi connectivity index (χ3v) is 2.37. The molecule has 84 valence electrons. The Morgan fingerprint density at radius 1 is 1.60 bits per heavy atom. The summed E-state index contributed by atoms with van der Waals surface area (Å²) < 4.78 is 26.6. The van der Waals surface area contributed by atoms with Gasteiger partial charge in [-0.2, -0.15) is 5.10 Å². The van der Waals surface area contributed by atoms with Gasteiger partial charge in [-0.3, -0.25) is 5.10 Å². The average Bonchev–Trinajstić information content (AvgIpc) is 2.50. The molecule has 1 N–H and O–H groups in total. The summed E-state index contributed by atoms with van der Waals surface area (Å²) in [6.45, 7) is 1.94. The lowest BCUT2D eigenvalue weighted by Crippen LogP contribution is -2.04. The minimum Gasteiger partial charge on any atom is -0.461 e. The highest BCUT2D eigenvalue weighted by Gasteiger charge is 2.13. The molecule has 0 amide bonds. The summed E-state index contributed by atoms with van der Waals surface area (Å²) in [5, 5.41) is 6.13. The van der Waals surface area contributed by atoms with Crippen LogP contribution in [0.2, 0.25) is 0 Å². The van der Waals surface area contributed by atoms with E-state index in [9.17, 15) is 13.2 Å². The first-order valence-electron chi connectivity index (χ1n) is 4.31. The van der Waals surface area contributed by atoms with Crippen molar-refractivity contribution in [1.82, 2.24) is 10.2 Å². The molecule has 0 saturated heterocycles. The Hall–Kier alpha value is -1.37. The molecule has 1 aromatic rings. The first kappa shape index (κ1) is 11.7. The SMILES string of the molecule is CCOC(=O)c1cc(CS(C)(=O)=O)[nH]n1. The molecule has 7 heteroatoms. The van der Waals surface area contributed by atoms with Crippen molar-refractivity contribution < 1.29 is 17.9 Å². The van der Waals surface area contributed by atoms with Crippen molar-refractivity contribution in [2.24, 2.45) is 0 Å². The van der Waals surface area contributed by atoms with E-state index < -0.39 is 15.8 Å². The number of aromatic amines is 1. The Kier molecular flexibility index (Phi) is 3.46. The number of hydrogen-bond acceptors (Lipinski definition) is 5. The number of ether oxygens (including phenoxy) is 1. The third-order valence-electron chi connectivity index (χ3n) is 1.53. The molecule has 0 aliphatic carbocycles. The molecule has 15 heavy (non-hydrogen) atoms. The van der Waals surface area contributed by atoms with Crippen LogP contribution in [0.5, 0.6) is 0 Å². The van der Waals surface area contributed by atoms with Crippen LogP contribution in [0.4, 0.5) is 0 Å². The second-order valence-electron chi connectivity index (χ2n) is 3.07. The second kappa shape index (κ2) is 4.43. The fourth-order valence-corrected chi connectivity index (χ4v) is 1.74. The van der Waals surface area contributed by atoms with Crippen molar-refractivity contribution in [1.29, 1.82) is 0 Å². The number of esters is 1. The molecule has 0 fully saturated rings. The van der Waals surface area contributed by atoms with Crippen LogP contribution in [0.15, 0.2) is 6.07 Å². The number of carbonyl (C=O) groups excluding carboxylic acids is 1. The van der Waals surface area contributed by atoms with E-state index in [1.807, 2.05) is 0 Å². The summed E-state index contributed by atoms with van der Waals surface area (Å²) in [7, 11) is -3.13. The van der Waals surface area contributed by atoms with Gasteiger partial charge in [0, 0.05) is 6.26 Å². The Morgan fingerprint density at radius 2 is 2.27 bits per heavy atom. The van der Waals surface area contributed by atoms with Gasteiger partial charge < -0.3 is 4.74 Å². The predicted molar refractivity (Wildman–Crippen MR) is 53.1 cm³/mol. The molecule has 1 heterocycles. The first-order chi connectivity index (χ1) is 6.92. The molecule has 0 saturated carbocycles. The number of carbonyl (C=O) groups is 1. The maximum Gasteiger partial charge on any atom is 0.358 e. The summed E-state index contributed by atoms with van der Waals surface area (Å²) in [6.07, 6.45) is 1.11. The van der Waals surface area contributed by atoms with Crippen LogP contribution in [0.1, 0.15) is 23.1 Å². The van der Waals surface area contributed by atoms with Crippen LogP contribution >= 0.6 is 0 Å². The van der Waals surface area contributed by atoms with Gasteiger partial charge in [0.1, 0.15) is 0 Å². The lowest BCUT2D eigenvalue weighted by Gasteiger charge is -1.95. The second-order valence-corrected chi connectivity index (χ2v) is 5.21. The highest BCUT2D eigenvalue weighted by molar-refractivity contribution is 7.89. The molecule has 0 radical (unpaired) electrons. The van der Waals surface area contributed by atoms with E-state index in [-0.39, 0.29) is 18.1 Å². The van der Waals surface area contributed by atoms with Gasteiger partial charge in [0.2, 0.25) is 0 Å². The van der Waals surface area contributed by atoms with Crippen LogP contribution in [0.25, 0.3) is 0 Å². The highest BCUT2D eigenvalue weighted by atomic mass is 32.2. The lowest BCUT2D eigenvalue weighted by molar-refractivity contribution is 0.0519. The molecule has 0 atom stereocenters. The normalized spacial score (nSPS) is 11.3. The van der Waals surface area contributed by atoms with Crippen LogP contribution in [-0.2, 0) is 20.3 Å². The van der Waals surface area contributed by atoms with E-state index in [2.05, 4.69) is 10.2 Å². The van der Waals surface area contributed by atoms with Gasteiger partial charge in [0.05, 0.1) is 18.1 Å². The molecule has 0 aromatic carbocycles. The van der Waals surface area contributed by atoms with Crippen LogP contribution in [-0.4, -0.2) is 37.4 Å². The number of aromatic nitrogens is 2. The van der Waals surface area contributed by atoms with Crippen molar-refractivity contribution in [2.45, 2.75) is 12.7 Å². The van der Waals surface area contributed by atoms with Crippen molar-refractivity contribution in [3.8, 4) is 0 Å². The van der Waals surface area contributed by atoms with Crippen molar-refractivity contribution in [3.05, 3.63) is 17.5 Å². The number of hydrogen-bond donors (Lipinski definition) is 1. The fraction of sp³-hybridized carbons (Fsp3) is 0.500. The van der Waals surface area contributed by atoms with Gasteiger partial charge in [0.15, 0.2) is 15.5 Å². The van der Waals surface area contributed by atoms with Gasteiger partial charge in [-0.05, 0) is 13.0 Å². The van der Waals surface area contributed by atoms with E-state index in [4.69, 9.17) is 4.74 Å². The molecule has 1 rings (SSSR count). The molecule has 0 bridgehead atoms. The predicted octanol–water partition coefficient (Wildman–Crippen LogP) is 0.131. The number of nitrogens with zero attached hydrogens (tertiary/aromatic N) is 1. The maximum atomic E-state index is 11.2. The zero-order valence-corrected chi connectivity index (χ0v) is 9.30. The molecule has 0 aliphatic rings. The number of H-pyrrole nitrogens is 1. The topological polar surface area (TPSA) is 89.1 Å². The first-order valence-corrected chi connectivity index (χ1v) is 6.37. The van der Waals surface area contributed by atoms with Crippen molar-refractivity contribution >= 4 is 15.8 Å². The molecule has 0 unspecified atom stereocenters. The highest BCUT2D eigenvalue weighted by Crippen LogP contribution is 2.05. The average molecular weight is 232 g/mol. The van der Waals surface area contributed by atoms with Crippen LogP contribution in [0.3, 0.4) is 0 Å². The molecular weight excluding hydrogens is 220 g/mol. The van der Waals surface area contributed by atoms with Crippen LogP contribution in [0, 0.1) is 0 Å². The molecule has 0 aliphatic heterocycles. The monoisotopic (exact) mass is 232 g/mol. The summed E-state index contributed by atoms with van der Waals surface area (Å²) in [5.41, 5.74) is 0.469. The van der Waals surface area contributed by atoms with Gasteiger partial charge >= 0.3 is 5.97 Å². The maximum absolute atomic E-state index is 11.2. The van der Waals surface area contributed by atoms with E-state index in [0.717, 1.165) is 6.26 Å². The zero-order valence-electron chi connectivity index (χ0n) is 8.48. The summed E-state index contributed by atoms with van der Waals surface area (Å²) in [4.78, 5) is 11.2. The summed E-state index contributed by atoms with van der Waals surface area (Å²) in [6, 6.07) is 1.37. The van der Waals surface area contributed by atoms with Crippen molar-refractivity contribution in [3.63, 3.8) is 0 Å². The third kappa shape index (κ3) is 3.70. The van der Waals surface area contributed by atoms with Gasteiger partial charge in [-0.1, -0.05) is 0 Å². The van der Waals surface area contributed by atoms with Crippen LogP contribution < -0.4 is 0 Å². The summed E-state index contributed by atoms with van der Waals surface area (Å²) in [5.74, 6) is -0.729. The van der Waals surface area contributed by atoms with E-state index in [0.29, 0.717) is 5.69 Å². The van der Waals surface area contributed by atoms with Gasteiger partial charge in [-0.15, -0.1) is 0 Å². The number of nitrogens with one attached hydrogen (secondary N) is 1. The van der Waals surface area contributed by atoms with E-state index in [1.54, 1.807) is 6.92 Å². The quantitative estimate of drug-likeness (QED) is 0.745. The Morgan fingerprint density at radius 3 is 2.80 bits per heavy atom. The van der Waals surface area contributed by atoms with Gasteiger partial charge in [-0.25, -0.2) is 13.2 Å². The largest absolute Gasteiger partial charge is 0.461 e. The smallest absolute Gasteiger partial charge is 0.358 e. The lowest BCUT2D eigenvalue weighted by atomic mass is 10.4. The summed E-state index contributed by atoms with van der Waals surface area (Å²) >= 11 is 0. The number of sulfone groups is 1. The Labute approximate surface area is 87.6 Å². The fourth-order valence-electron chi connectivity index (χ4n) is 1.03. The molecule has 0 spiro atoms. The minimum absolute atomic E-state index is 0.0931. The number of rotatable bonds is 4. The van der Waals surface area contributed by atoms with Gasteiger partial charge in [0.25, 0.3) is 0 Å². The van der Waals surface area contributed by atoms with E-state index in [1.165, 1.54) is 6.07 Å². The molecular formula is C8H12N2O4S. The molecule has 1 aromatic heterocycles. The van der Waals surface area contributed by atoms with E-state index >= 15 is 0 Å². The standard InChI is InChI=1S/C8H12N2O4S/c1-3-14-8(11)7-4-6(9-10-7)5-15(2,12)13/h4H,3,5H2,1-2H3,(H,9,10). The minimum atomic E-state index is -3.13. The Bertz CT molecular complexity index is 449. The Balaban J connectivity index is 2.77. The zero-order chi connectivity index (χ0) is 11.5.